The number of halogens is 3. The molecule has 0 saturated heterocycles. The van der Waals surface area contributed by atoms with Gasteiger partial charge in [0.2, 0.25) is 0 Å². The number of hydrogen-bond donors (Lipinski definition) is 2. The van der Waals surface area contributed by atoms with Crippen LogP contribution in [0.15, 0.2) is 40.8 Å². The third-order valence-electron chi connectivity index (χ3n) is 3.15. The van der Waals surface area contributed by atoms with E-state index in [0.717, 1.165) is 24.6 Å². The van der Waals surface area contributed by atoms with Gasteiger partial charge in [0.1, 0.15) is 0 Å². The highest BCUT2D eigenvalue weighted by Crippen LogP contribution is 2.34. The normalized spacial score (nSPS) is 16.4. The van der Waals surface area contributed by atoms with Crippen molar-refractivity contribution in [2.45, 2.75) is 16.8 Å². The zero-order chi connectivity index (χ0) is 15.5. The minimum atomic E-state index is -5.35. The Labute approximate surface area is 121 Å². The lowest BCUT2D eigenvalue weighted by molar-refractivity contribution is -0.0435. The number of anilines is 1. The molecule has 0 unspecified atom stereocenters. The summed E-state index contributed by atoms with van der Waals surface area (Å²) in [4.78, 5) is -0.743. The highest BCUT2D eigenvalue weighted by Gasteiger charge is 2.47. The molecule has 1 aliphatic rings. The highest BCUT2D eigenvalue weighted by molar-refractivity contribution is 7.92. The fourth-order valence-electron chi connectivity index (χ4n) is 2.01. The molecule has 4 nitrogen and oxygen atoms in total. The molecule has 0 atom stereocenters. The molecule has 21 heavy (non-hydrogen) atoms. The largest absolute Gasteiger partial charge is 0.501 e. The molecular weight excluding hydrogens is 305 g/mol. The van der Waals surface area contributed by atoms with Crippen molar-refractivity contribution in [2.24, 2.45) is 0 Å². The van der Waals surface area contributed by atoms with Gasteiger partial charge in [-0.05, 0) is 25.1 Å². The quantitative estimate of drug-likeness (QED) is 0.836. The first kappa shape index (κ1) is 15.8. The Morgan fingerprint density at radius 2 is 1.95 bits per heavy atom. The Hall–Kier alpha value is -1.54. The number of hydrogen-bond acceptors (Lipinski definition) is 4. The van der Waals surface area contributed by atoms with Gasteiger partial charge in [-0.25, -0.2) is 8.42 Å². The molecule has 0 saturated carbocycles. The predicted octanol–water partition coefficient (Wildman–Crippen LogP) is 2.31. The van der Waals surface area contributed by atoms with Gasteiger partial charge < -0.3 is 10.6 Å². The maximum Gasteiger partial charge on any atom is 0.501 e. The molecule has 0 fully saturated rings. The summed E-state index contributed by atoms with van der Waals surface area (Å²) in [5.74, 6) is 0. The lowest BCUT2D eigenvalue weighted by Gasteiger charge is -2.17. The van der Waals surface area contributed by atoms with Crippen molar-refractivity contribution in [1.29, 1.82) is 0 Å². The molecule has 0 aromatic heterocycles. The van der Waals surface area contributed by atoms with E-state index in [9.17, 15) is 21.6 Å². The van der Waals surface area contributed by atoms with Crippen LogP contribution in [0.3, 0.4) is 0 Å². The van der Waals surface area contributed by atoms with E-state index >= 15 is 0 Å². The molecule has 0 spiro atoms. The molecule has 0 radical (unpaired) electrons. The maximum atomic E-state index is 12.7. The number of benzene rings is 1. The first-order chi connectivity index (χ1) is 9.82. The Morgan fingerprint density at radius 3 is 2.57 bits per heavy atom. The van der Waals surface area contributed by atoms with E-state index in [1.807, 2.05) is 6.08 Å². The van der Waals surface area contributed by atoms with Gasteiger partial charge in [0, 0.05) is 13.1 Å². The van der Waals surface area contributed by atoms with Gasteiger partial charge >= 0.3 is 5.51 Å². The Kier molecular flexibility index (Phi) is 4.58. The second-order valence-electron chi connectivity index (χ2n) is 4.62. The van der Waals surface area contributed by atoms with Crippen LogP contribution >= 0.6 is 0 Å². The van der Waals surface area contributed by atoms with Gasteiger partial charge in [0.15, 0.2) is 0 Å². The molecule has 1 aliphatic heterocycles. The fraction of sp³-hybridized carbons (Fsp3) is 0.385. The van der Waals surface area contributed by atoms with E-state index < -0.39 is 20.2 Å². The van der Waals surface area contributed by atoms with Gasteiger partial charge in [0.05, 0.1) is 10.6 Å². The second-order valence-corrected chi connectivity index (χ2v) is 6.52. The summed E-state index contributed by atoms with van der Waals surface area (Å²) >= 11 is 0. The van der Waals surface area contributed by atoms with Gasteiger partial charge in [-0.3, -0.25) is 0 Å². The van der Waals surface area contributed by atoms with Crippen molar-refractivity contribution in [3.63, 3.8) is 0 Å². The zero-order valence-electron chi connectivity index (χ0n) is 11.1. The van der Waals surface area contributed by atoms with Crippen molar-refractivity contribution in [1.82, 2.24) is 5.32 Å². The molecule has 1 aromatic rings. The summed E-state index contributed by atoms with van der Waals surface area (Å²) in [5.41, 5.74) is -4.30. The number of nitrogens with one attached hydrogen (secondary N) is 2. The monoisotopic (exact) mass is 320 g/mol. The third kappa shape index (κ3) is 3.56. The maximum absolute atomic E-state index is 12.7. The van der Waals surface area contributed by atoms with E-state index in [2.05, 4.69) is 10.6 Å². The van der Waals surface area contributed by atoms with Crippen LogP contribution in [-0.4, -0.2) is 33.6 Å². The van der Waals surface area contributed by atoms with E-state index in [0.29, 0.717) is 13.1 Å². The molecule has 116 valence electrons. The van der Waals surface area contributed by atoms with Crippen LogP contribution in [-0.2, 0) is 9.84 Å². The van der Waals surface area contributed by atoms with Gasteiger partial charge in [-0.2, -0.15) is 13.2 Å². The summed E-state index contributed by atoms with van der Waals surface area (Å²) in [7, 11) is -5.35. The summed E-state index contributed by atoms with van der Waals surface area (Å²) in [6.45, 7) is 1.83. The fourth-order valence-corrected chi connectivity index (χ4v) is 2.95. The van der Waals surface area contributed by atoms with Crippen LogP contribution in [0.1, 0.15) is 6.42 Å². The van der Waals surface area contributed by atoms with Crippen LogP contribution in [0, 0.1) is 0 Å². The van der Waals surface area contributed by atoms with Crippen molar-refractivity contribution in [2.75, 3.05) is 25.0 Å². The standard InChI is InChI=1S/C13H15F3N2O2S/c14-13(15,16)21(19,20)12-4-2-1-3-11(12)18-9-10-5-7-17-8-6-10/h1-5,17-18H,6-9H2. The van der Waals surface area contributed by atoms with E-state index in [1.54, 1.807) is 0 Å². The lowest BCUT2D eigenvalue weighted by atomic mass is 10.1. The van der Waals surface area contributed by atoms with Crippen LogP contribution in [0.25, 0.3) is 0 Å². The summed E-state index contributed by atoms with van der Waals surface area (Å²) in [6, 6.07) is 5.06. The van der Waals surface area contributed by atoms with Crippen molar-refractivity contribution < 1.29 is 21.6 Å². The third-order valence-corrected chi connectivity index (χ3v) is 4.69. The van der Waals surface area contributed by atoms with Gasteiger partial charge in [-0.15, -0.1) is 0 Å². The molecule has 0 aliphatic carbocycles. The Bertz CT molecular complexity index is 639. The molecule has 1 heterocycles. The number of rotatable bonds is 4. The molecule has 2 N–H and O–H groups in total. The average molecular weight is 320 g/mol. The number of para-hydroxylation sites is 1. The van der Waals surface area contributed by atoms with Crippen molar-refractivity contribution >= 4 is 15.5 Å². The number of alkyl halides is 3. The highest BCUT2D eigenvalue weighted by atomic mass is 32.2. The molecule has 1 aromatic carbocycles. The van der Waals surface area contributed by atoms with Gasteiger partial charge in [-0.1, -0.05) is 23.8 Å². The molecule has 0 amide bonds. The van der Waals surface area contributed by atoms with E-state index in [4.69, 9.17) is 0 Å². The number of sulfone groups is 1. The van der Waals surface area contributed by atoms with Crippen LogP contribution in [0.4, 0.5) is 18.9 Å². The van der Waals surface area contributed by atoms with E-state index in [1.165, 1.54) is 18.2 Å². The van der Waals surface area contributed by atoms with Gasteiger partial charge in [0.25, 0.3) is 9.84 Å². The summed E-state index contributed by atoms with van der Waals surface area (Å²) in [5, 5.41) is 5.91. The minimum absolute atomic E-state index is 0.0331. The first-order valence-electron chi connectivity index (χ1n) is 6.35. The molecular formula is C13H15F3N2O2S. The predicted molar refractivity (Wildman–Crippen MR) is 73.7 cm³/mol. The minimum Gasteiger partial charge on any atom is -0.380 e. The lowest BCUT2D eigenvalue weighted by Crippen LogP contribution is -2.25. The Balaban J connectivity index is 2.23. The molecule has 2 rings (SSSR count). The second kappa shape index (κ2) is 6.07. The molecule has 0 bridgehead atoms. The van der Waals surface area contributed by atoms with Crippen LogP contribution in [0.2, 0.25) is 0 Å². The Morgan fingerprint density at radius 1 is 1.24 bits per heavy atom. The first-order valence-corrected chi connectivity index (χ1v) is 7.83. The molecule has 8 heteroatoms. The van der Waals surface area contributed by atoms with Crippen molar-refractivity contribution in [3.05, 3.63) is 35.9 Å². The topological polar surface area (TPSA) is 58.2 Å². The van der Waals surface area contributed by atoms with Crippen LogP contribution in [0.5, 0.6) is 0 Å². The van der Waals surface area contributed by atoms with Crippen molar-refractivity contribution in [3.8, 4) is 0 Å². The SMILES string of the molecule is O=S(=O)(c1ccccc1NCC1=CCNCC1)C(F)(F)F. The smallest absolute Gasteiger partial charge is 0.380 e. The average Bonchev–Trinajstić information content (AvgIpc) is 2.45. The van der Waals surface area contributed by atoms with Crippen LogP contribution < -0.4 is 10.6 Å². The zero-order valence-corrected chi connectivity index (χ0v) is 11.9. The van der Waals surface area contributed by atoms with E-state index in [-0.39, 0.29) is 5.69 Å². The summed E-state index contributed by atoms with van der Waals surface area (Å²) < 4.78 is 61.0. The summed E-state index contributed by atoms with van der Waals surface area (Å²) in [6.07, 6.45) is 2.72.